The lowest BCUT2D eigenvalue weighted by atomic mass is 10.2. The lowest BCUT2D eigenvalue weighted by molar-refractivity contribution is -0.143. The fourth-order valence-electron chi connectivity index (χ4n) is 1.68. The lowest BCUT2D eigenvalue weighted by Gasteiger charge is -2.09. The van der Waals surface area contributed by atoms with Gasteiger partial charge in [-0.2, -0.15) is 0 Å². The maximum Gasteiger partial charge on any atom is 0.329 e. The highest BCUT2D eigenvalue weighted by atomic mass is 35.5. The second-order valence-corrected chi connectivity index (χ2v) is 4.94. The molecule has 0 atom stereocenters. The van der Waals surface area contributed by atoms with E-state index in [1.807, 2.05) is 0 Å². The van der Waals surface area contributed by atoms with E-state index in [1.54, 1.807) is 18.2 Å². The quantitative estimate of drug-likeness (QED) is 0.523. The summed E-state index contributed by atoms with van der Waals surface area (Å²) in [6, 6.07) is 4.09. The predicted octanol–water partition coefficient (Wildman–Crippen LogP) is 2.06. The van der Waals surface area contributed by atoms with Gasteiger partial charge in [-0.3, -0.25) is 9.59 Å². The highest BCUT2D eigenvalue weighted by Crippen LogP contribution is 2.24. The van der Waals surface area contributed by atoms with Crippen molar-refractivity contribution < 1.29 is 19.1 Å². The highest BCUT2D eigenvalue weighted by molar-refractivity contribution is 6.42. The van der Waals surface area contributed by atoms with Crippen molar-refractivity contribution in [3.8, 4) is 0 Å². The summed E-state index contributed by atoms with van der Waals surface area (Å²) < 4.78 is 4.43. The molecule has 1 aromatic carbocycles. The number of nitrogens with one attached hydrogen (secondary N) is 1. The molecule has 0 spiro atoms. The van der Waals surface area contributed by atoms with E-state index in [4.69, 9.17) is 23.2 Å². The molecule has 0 bridgehead atoms. The third-order valence-corrected chi connectivity index (χ3v) is 3.47. The van der Waals surface area contributed by atoms with Gasteiger partial charge in [0.1, 0.15) is 12.2 Å². The van der Waals surface area contributed by atoms with Crippen LogP contribution >= 0.6 is 23.2 Å². The number of amides is 3. The minimum absolute atomic E-state index is 0.0438. The molecular weight excluding hydrogens is 319 g/mol. The number of methoxy groups -OCH3 is 1. The van der Waals surface area contributed by atoms with Gasteiger partial charge in [-0.05, 0) is 23.8 Å². The summed E-state index contributed by atoms with van der Waals surface area (Å²) in [6.45, 7) is -0.445. The summed E-state index contributed by atoms with van der Waals surface area (Å²) in [4.78, 5) is 35.6. The largest absolute Gasteiger partial charge is 0.468 e. The average molecular weight is 329 g/mol. The van der Waals surface area contributed by atoms with Crippen molar-refractivity contribution in [3.63, 3.8) is 0 Å². The molecule has 0 radical (unpaired) electrons. The van der Waals surface area contributed by atoms with Crippen LogP contribution in [0.25, 0.3) is 6.08 Å². The third-order valence-electron chi connectivity index (χ3n) is 2.73. The number of halogens is 2. The van der Waals surface area contributed by atoms with Crippen LogP contribution in [0.3, 0.4) is 0 Å². The van der Waals surface area contributed by atoms with Crippen molar-refractivity contribution >= 4 is 47.2 Å². The Morgan fingerprint density at radius 2 is 2.05 bits per heavy atom. The van der Waals surface area contributed by atoms with Crippen LogP contribution in [0.15, 0.2) is 23.9 Å². The molecule has 3 amide bonds. The minimum atomic E-state index is -0.686. The van der Waals surface area contributed by atoms with E-state index in [0.29, 0.717) is 15.6 Å². The Kier molecular flexibility index (Phi) is 4.50. The number of nitrogens with zero attached hydrogens (tertiary/aromatic N) is 1. The van der Waals surface area contributed by atoms with Gasteiger partial charge < -0.3 is 10.1 Å². The van der Waals surface area contributed by atoms with Crippen LogP contribution in [0, 0.1) is 0 Å². The van der Waals surface area contributed by atoms with E-state index in [9.17, 15) is 14.4 Å². The molecule has 1 aliphatic heterocycles. The number of benzene rings is 1. The maximum atomic E-state index is 12.0. The maximum absolute atomic E-state index is 12.0. The van der Waals surface area contributed by atoms with Crippen LogP contribution in [0.5, 0.6) is 0 Å². The Hall–Kier alpha value is -2.05. The number of carbonyl (C=O) groups excluding carboxylic acids is 3. The summed E-state index contributed by atoms with van der Waals surface area (Å²) >= 11 is 11.7. The molecule has 1 saturated heterocycles. The minimum Gasteiger partial charge on any atom is -0.468 e. The third kappa shape index (κ3) is 3.34. The predicted molar refractivity (Wildman–Crippen MR) is 76.7 cm³/mol. The van der Waals surface area contributed by atoms with Gasteiger partial charge in [0.25, 0.3) is 5.91 Å². The van der Waals surface area contributed by atoms with E-state index in [-0.39, 0.29) is 5.70 Å². The van der Waals surface area contributed by atoms with Crippen LogP contribution in [-0.4, -0.2) is 36.5 Å². The number of esters is 1. The Balaban J connectivity index is 2.23. The fraction of sp³-hybridized carbons (Fsp3) is 0.154. The van der Waals surface area contributed by atoms with Crippen molar-refractivity contribution in [2.24, 2.45) is 0 Å². The first-order valence-electron chi connectivity index (χ1n) is 5.79. The number of urea groups is 1. The van der Waals surface area contributed by atoms with E-state index >= 15 is 0 Å². The SMILES string of the molecule is COC(=O)CN1C(=O)N/C(=C/c2ccc(Cl)c(Cl)c2)C1=O. The van der Waals surface area contributed by atoms with Crippen molar-refractivity contribution in [1.29, 1.82) is 0 Å². The lowest BCUT2D eigenvalue weighted by Crippen LogP contribution is -2.36. The average Bonchev–Trinajstić information content (AvgIpc) is 2.70. The molecule has 0 unspecified atom stereocenters. The topological polar surface area (TPSA) is 75.7 Å². The van der Waals surface area contributed by atoms with Gasteiger partial charge in [0.15, 0.2) is 0 Å². The van der Waals surface area contributed by atoms with Crippen LogP contribution in [-0.2, 0) is 14.3 Å². The summed E-state index contributed by atoms with van der Waals surface area (Å²) in [5.74, 6) is -1.30. The Labute approximate surface area is 130 Å². The molecule has 0 aromatic heterocycles. The zero-order valence-electron chi connectivity index (χ0n) is 10.9. The van der Waals surface area contributed by atoms with Gasteiger partial charge >= 0.3 is 12.0 Å². The molecule has 0 aliphatic carbocycles. The summed E-state index contributed by atoms with van der Waals surface area (Å²) in [5.41, 5.74) is 0.635. The number of imide groups is 1. The molecule has 110 valence electrons. The van der Waals surface area contributed by atoms with Gasteiger partial charge in [0.05, 0.1) is 17.2 Å². The Morgan fingerprint density at radius 1 is 1.33 bits per heavy atom. The molecule has 21 heavy (non-hydrogen) atoms. The molecule has 6 nitrogen and oxygen atoms in total. The second-order valence-electron chi connectivity index (χ2n) is 4.13. The molecule has 1 N–H and O–H groups in total. The number of ether oxygens (including phenoxy) is 1. The zero-order valence-corrected chi connectivity index (χ0v) is 12.4. The molecular formula is C13H10Cl2N2O4. The Morgan fingerprint density at radius 3 is 2.67 bits per heavy atom. The number of hydrogen-bond donors (Lipinski definition) is 1. The van der Waals surface area contributed by atoms with Crippen molar-refractivity contribution in [1.82, 2.24) is 10.2 Å². The van der Waals surface area contributed by atoms with Gasteiger partial charge in [-0.25, -0.2) is 9.69 Å². The van der Waals surface area contributed by atoms with E-state index in [0.717, 1.165) is 4.90 Å². The van der Waals surface area contributed by atoms with Crippen molar-refractivity contribution in [3.05, 3.63) is 39.5 Å². The van der Waals surface area contributed by atoms with E-state index in [1.165, 1.54) is 13.2 Å². The van der Waals surface area contributed by atoms with Crippen LogP contribution in [0.2, 0.25) is 10.0 Å². The molecule has 8 heteroatoms. The van der Waals surface area contributed by atoms with Gasteiger partial charge in [-0.1, -0.05) is 29.3 Å². The molecule has 1 aliphatic rings. The second kappa shape index (κ2) is 6.15. The first kappa shape index (κ1) is 15.3. The van der Waals surface area contributed by atoms with Gasteiger partial charge in [0, 0.05) is 0 Å². The summed E-state index contributed by atoms with van der Waals surface area (Å²) in [7, 11) is 1.17. The smallest absolute Gasteiger partial charge is 0.329 e. The highest BCUT2D eigenvalue weighted by Gasteiger charge is 2.35. The van der Waals surface area contributed by atoms with Crippen LogP contribution in [0.4, 0.5) is 4.79 Å². The molecule has 1 fully saturated rings. The summed E-state index contributed by atoms with van der Waals surface area (Å²) in [5, 5.41) is 3.09. The van der Waals surface area contributed by atoms with Gasteiger partial charge in [-0.15, -0.1) is 0 Å². The number of hydrogen-bond acceptors (Lipinski definition) is 4. The first-order valence-corrected chi connectivity index (χ1v) is 6.54. The Bertz CT molecular complexity index is 658. The standard InChI is InChI=1S/C13H10Cl2N2O4/c1-21-11(18)6-17-12(19)10(16-13(17)20)5-7-2-3-8(14)9(15)4-7/h2-5H,6H2,1H3,(H,16,20)/b10-5+. The van der Waals surface area contributed by atoms with E-state index < -0.39 is 24.5 Å². The van der Waals surface area contributed by atoms with E-state index in [2.05, 4.69) is 10.1 Å². The first-order chi connectivity index (χ1) is 9.92. The van der Waals surface area contributed by atoms with Crippen molar-refractivity contribution in [2.45, 2.75) is 0 Å². The molecule has 1 heterocycles. The molecule has 2 rings (SSSR count). The van der Waals surface area contributed by atoms with Crippen LogP contribution in [0.1, 0.15) is 5.56 Å². The molecule has 0 saturated carbocycles. The van der Waals surface area contributed by atoms with Crippen molar-refractivity contribution in [2.75, 3.05) is 13.7 Å². The van der Waals surface area contributed by atoms with Gasteiger partial charge in [0.2, 0.25) is 0 Å². The zero-order chi connectivity index (χ0) is 15.6. The van der Waals surface area contributed by atoms with Crippen LogP contribution < -0.4 is 5.32 Å². The normalized spacial score (nSPS) is 16.3. The number of carbonyl (C=O) groups is 3. The molecule has 1 aromatic rings. The monoisotopic (exact) mass is 328 g/mol. The number of rotatable bonds is 3. The fourth-order valence-corrected chi connectivity index (χ4v) is 1.98. The summed E-state index contributed by atoms with van der Waals surface area (Å²) in [6.07, 6.45) is 1.44.